The van der Waals surface area contributed by atoms with Crippen LogP contribution in [0.4, 0.5) is 21.1 Å². The van der Waals surface area contributed by atoms with Gasteiger partial charge in [0.05, 0.1) is 11.4 Å². The Balaban J connectivity index is 2.24. The van der Waals surface area contributed by atoms with Crippen LogP contribution in [0.2, 0.25) is 0 Å². The number of nitrogens with zero attached hydrogens (tertiary/aromatic N) is 3. The number of nitrogens with one attached hydrogen (secondary N) is 1. The van der Waals surface area contributed by atoms with Crippen molar-refractivity contribution in [3.63, 3.8) is 0 Å². The number of allylic oxidation sites excluding steroid dienone is 2. The molecule has 1 aromatic heterocycles. The lowest BCUT2D eigenvalue weighted by Crippen LogP contribution is -2.34. The fourth-order valence-corrected chi connectivity index (χ4v) is 4.19. The summed E-state index contributed by atoms with van der Waals surface area (Å²) in [6.45, 7) is 15.6. The molecule has 3 rings (SSSR count). The third kappa shape index (κ3) is 7.53. The van der Waals surface area contributed by atoms with E-state index >= 15 is 0 Å². The summed E-state index contributed by atoms with van der Waals surface area (Å²) in [6, 6.07) is 13.3. The summed E-state index contributed by atoms with van der Waals surface area (Å²) in [5, 5.41) is 22.6. The highest BCUT2D eigenvalue weighted by Gasteiger charge is 2.31. The molecule has 0 atom stereocenters. The topological polar surface area (TPSA) is 144 Å². The first kappa shape index (κ1) is 30.9. The monoisotopic (exact) mass is 561 g/mol. The predicted molar refractivity (Wildman–Crippen MR) is 161 cm³/mol. The molecular formula is C31H39N5O5. The van der Waals surface area contributed by atoms with Crippen molar-refractivity contribution in [2.24, 2.45) is 5.73 Å². The molecular weight excluding hydrogens is 522 g/mol. The van der Waals surface area contributed by atoms with E-state index in [0.717, 1.165) is 10.2 Å². The van der Waals surface area contributed by atoms with Gasteiger partial charge in [0.1, 0.15) is 17.0 Å². The minimum atomic E-state index is -0.814. The first-order chi connectivity index (χ1) is 18.9. The second-order valence-electron chi connectivity index (χ2n) is 11.8. The average molecular weight is 562 g/mol. The number of phenolic OH excluding ortho intramolecular Hbond substituents is 1. The van der Waals surface area contributed by atoms with Crippen molar-refractivity contribution >= 4 is 35.0 Å². The van der Waals surface area contributed by atoms with Crippen LogP contribution in [0.15, 0.2) is 54.2 Å². The Kier molecular flexibility index (Phi) is 8.66. The van der Waals surface area contributed by atoms with Crippen LogP contribution in [0.3, 0.4) is 0 Å². The number of benzene rings is 2. The molecule has 3 aromatic rings. The van der Waals surface area contributed by atoms with E-state index in [1.54, 1.807) is 98.7 Å². The van der Waals surface area contributed by atoms with Gasteiger partial charge < -0.3 is 25.7 Å². The molecule has 0 aliphatic rings. The number of rotatable bonds is 5. The number of ether oxygens (including phenoxy) is 2. The van der Waals surface area contributed by atoms with E-state index in [4.69, 9.17) is 20.6 Å². The number of nitrogens with two attached hydrogens (primary N) is 1. The molecule has 0 bridgehead atoms. The number of aromatic hydroxyl groups is 1. The first-order valence-electron chi connectivity index (χ1n) is 13.2. The maximum absolute atomic E-state index is 13.5. The Labute approximate surface area is 240 Å². The lowest BCUT2D eigenvalue weighted by atomic mass is 9.98. The fourth-order valence-electron chi connectivity index (χ4n) is 4.19. The van der Waals surface area contributed by atoms with Crippen LogP contribution in [-0.4, -0.2) is 44.0 Å². The van der Waals surface area contributed by atoms with Crippen LogP contribution >= 0.6 is 0 Å². The molecule has 0 radical (unpaired) electrons. The molecule has 2 aromatic carbocycles. The van der Waals surface area contributed by atoms with Crippen LogP contribution in [0.25, 0.3) is 16.8 Å². The number of hydrogen-bond donors (Lipinski definition) is 3. The van der Waals surface area contributed by atoms with Gasteiger partial charge in [-0.2, -0.15) is 4.68 Å². The number of phenols is 1. The van der Waals surface area contributed by atoms with Gasteiger partial charge in [0, 0.05) is 28.6 Å². The minimum Gasteiger partial charge on any atom is -0.508 e. The van der Waals surface area contributed by atoms with Crippen molar-refractivity contribution in [1.29, 1.82) is 5.41 Å². The van der Waals surface area contributed by atoms with Crippen molar-refractivity contribution in [2.45, 2.75) is 73.5 Å². The molecule has 0 saturated carbocycles. The zero-order chi connectivity index (χ0) is 30.9. The SMILES string of the molecule is CC(=N)/C(=C(/C)N)c1ccc(-c2cc(N(C(=O)OC(C)(C)C)c3ccc(O)cc3C)nn2C(=O)OC(C)(C)C)cc1. The molecule has 0 aliphatic carbocycles. The van der Waals surface area contributed by atoms with Gasteiger partial charge in [-0.05, 0) is 91.6 Å². The van der Waals surface area contributed by atoms with E-state index in [0.29, 0.717) is 39.5 Å². The molecule has 0 unspecified atom stereocenters. The Morgan fingerprint density at radius 3 is 2.02 bits per heavy atom. The quantitative estimate of drug-likeness (QED) is 0.281. The van der Waals surface area contributed by atoms with Gasteiger partial charge in [-0.1, -0.05) is 24.3 Å². The summed E-state index contributed by atoms with van der Waals surface area (Å²) in [5.74, 6) is 0.156. The van der Waals surface area contributed by atoms with E-state index in [2.05, 4.69) is 5.10 Å². The van der Waals surface area contributed by atoms with Crippen molar-refractivity contribution in [1.82, 2.24) is 9.78 Å². The highest BCUT2D eigenvalue weighted by atomic mass is 16.6. The Morgan fingerprint density at radius 2 is 1.54 bits per heavy atom. The van der Waals surface area contributed by atoms with Crippen molar-refractivity contribution in [3.05, 3.63) is 65.4 Å². The summed E-state index contributed by atoms with van der Waals surface area (Å²) in [5.41, 5.74) is 8.62. The van der Waals surface area contributed by atoms with Crippen LogP contribution < -0.4 is 10.6 Å². The smallest absolute Gasteiger partial charge is 0.435 e. The highest BCUT2D eigenvalue weighted by molar-refractivity contribution is 6.21. The van der Waals surface area contributed by atoms with Crippen LogP contribution in [0, 0.1) is 12.3 Å². The average Bonchev–Trinajstić information content (AvgIpc) is 3.23. The number of carbonyl (C=O) groups is 2. The normalized spacial score (nSPS) is 12.4. The zero-order valence-corrected chi connectivity index (χ0v) is 25.1. The van der Waals surface area contributed by atoms with Crippen LogP contribution in [-0.2, 0) is 9.47 Å². The highest BCUT2D eigenvalue weighted by Crippen LogP contribution is 2.35. The number of carbonyl (C=O) groups excluding carboxylic acids is 2. The number of amides is 1. The third-order valence-corrected chi connectivity index (χ3v) is 5.73. The van der Waals surface area contributed by atoms with Crippen LogP contribution in [0.5, 0.6) is 5.75 Å². The van der Waals surface area contributed by atoms with Crippen molar-refractivity contribution < 1.29 is 24.2 Å². The van der Waals surface area contributed by atoms with Gasteiger partial charge in [-0.25, -0.2) is 14.5 Å². The van der Waals surface area contributed by atoms with E-state index < -0.39 is 23.4 Å². The predicted octanol–water partition coefficient (Wildman–Crippen LogP) is 7.15. The van der Waals surface area contributed by atoms with E-state index in [-0.39, 0.29) is 11.6 Å². The molecule has 0 spiro atoms. The van der Waals surface area contributed by atoms with Gasteiger partial charge in [0.2, 0.25) is 0 Å². The molecule has 1 amide bonds. The summed E-state index contributed by atoms with van der Waals surface area (Å²) in [7, 11) is 0. The minimum absolute atomic E-state index is 0.0387. The standard InChI is InChI=1S/C31H39N5O5/c1-18-16-23(37)14-15-24(18)35(28(38)40-30(4,5)6)26-17-25(36(34-26)29(39)41-31(7,8)9)21-10-12-22(13-11-21)27(19(2)32)20(3)33/h10-17,32,37H,33H2,1-9H3/b27-20+,32-19?. The van der Waals surface area contributed by atoms with E-state index in [9.17, 15) is 14.7 Å². The molecule has 0 fully saturated rings. The molecule has 10 nitrogen and oxygen atoms in total. The van der Waals surface area contributed by atoms with Gasteiger partial charge in [0.15, 0.2) is 5.82 Å². The maximum Gasteiger partial charge on any atom is 0.435 e. The Bertz CT molecular complexity index is 1500. The lowest BCUT2D eigenvalue weighted by molar-refractivity contribution is 0.0513. The number of aryl methyl sites for hydroxylation is 1. The molecule has 10 heteroatoms. The second-order valence-corrected chi connectivity index (χ2v) is 11.8. The Morgan fingerprint density at radius 1 is 0.951 bits per heavy atom. The number of hydrogen-bond acceptors (Lipinski definition) is 8. The number of aromatic nitrogens is 2. The molecule has 0 aliphatic heterocycles. The maximum atomic E-state index is 13.5. The summed E-state index contributed by atoms with van der Waals surface area (Å²) in [6.07, 6.45) is -1.44. The zero-order valence-electron chi connectivity index (χ0n) is 25.1. The summed E-state index contributed by atoms with van der Waals surface area (Å²) in [4.78, 5) is 28.1. The molecule has 41 heavy (non-hydrogen) atoms. The van der Waals surface area contributed by atoms with Crippen molar-refractivity contribution in [2.75, 3.05) is 4.90 Å². The van der Waals surface area contributed by atoms with Crippen LogP contribution in [0.1, 0.15) is 66.5 Å². The fraction of sp³-hybridized carbons (Fsp3) is 0.355. The second kappa shape index (κ2) is 11.5. The van der Waals surface area contributed by atoms with E-state index in [1.807, 2.05) is 0 Å². The third-order valence-electron chi connectivity index (χ3n) is 5.73. The lowest BCUT2D eigenvalue weighted by Gasteiger charge is -2.27. The van der Waals surface area contributed by atoms with Gasteiger partial charge in [-0.3, -0.25) is 0 Å². The summed E-state index contributed by atoms with van der Waals surface area (Å²) < 4.78 is 12.4. The largest absolute Gasteiger partial charge is 0.508 e. The summed E-state index contributed by atoms with van der Waals surface area (Å²) >= 11 is 0. The van der Waals surface area contributed by atoms with Gasteiger partial charge >= 0.3 is 12.2 Å². The Hall–Kier alpha value is -4.60. The molecule has 218 valence electrons. The molecule has 1 heterocycles. The van der Waals surface area contributed by atoms with E-state index in [1.165, 1.54) is 17.0 Å². The van der Waals surface area contributed by atoms with Gasteiger partial charge in [-0.15, -0.1) is 5.10 Å². The first-order valence-corrected chi connectivity index (χ1v) is 13.2. The van der Waals surface area contributed by atoms with Crippen molar-refractivity contribution in [3.8, 4) is 17.0 Å². The van der Waals surface area contributed by atoms with Gasteiger partial charge in [0.25, 0.3) is 0 Å². The molecule has 0 saturated heterocycles. The molecule has 4 N–H and O–H groups in total. The number of anilines is 2.